The van der Waals surface area contributed by atoms with Gasteiger partial charge < -0.3 is 0 Å². The average Bonchev–Trinajstić information content (AvgIpc) is 1.85. The molecular formula is C7H11AlO3S. The molecule has 0 unspecified atom stereocenters. The molecule has 0 amide bonds. The third-order valence-corrected chi connectivity index (χ3v) is 1.89. The molecule has 3 nitrogen and oxygen atoms in total. The van der Waals surface area contributed by atoms with E-state index in [-0.39, 0.29) is 23.1 Å². The van der Waals surface area contributed by atoms with Crippen LogP contribution in [0.4, 0.5) is 0 Å². The highest BCUT2D eigenvalue weighted by Crippen LogP contribution is 2.02. The van der Waals surface area contributed by atoms with Crippen molar-refractivity contribution in [2.45, 2.75) is 5.75 Å². The van der Waals surface area contributed by atoms with Crippen LogP contribution in [0.25, 0.3) is 0 Å². The van der Waals surface area contributed by atoms with Gasteiger partial charge in [-0.05, 0) is 5.56 Å². The molecule has 0 aliphatic carbocycles. The summed E-state index contributed by atoms with van der Waals surface area (Å²) in [6.45, 7) is 0. The summed E-state index contributed by atoms with van der Waals surface area (Å²) in [6, 6.07) is 8.52. The fourth-order valence-electron chi connectivity index (χ4n) is 0.785. The minimum atomic E-state index is -3.88. The van der Waals surface area contributed by atoms with Gasteiger partial charge in [0.25, 0.3) is 10.1 Å². The van der Waals surface area contributed by atoms with Crippen molar-refractivity contribution in [2.75, 3.05) is 0 Å². The Kier molecular flexibility index (Phi) is 4.50. The van der Waals surface area contributed by atoms with E-state index in [9.17, 15) is 8.42 Å². The summed E-state index contributed by atoms with van der Waals surface area (Å²) in [5.74, 6) is -0.312. The first kappa shape index (κ1) is 11.7. The van der Waals surface area contributed by atoms with Crippen molar-refractivity contribution in [1.29, 1.82) is 0 Å². The fraction of sp³-hybridized carbons (Fsp3) is 0.143. The van der Waals surface area contributed by atoms with E-state index in [0.29, 0.717) is 5.56 Å². The van der Waals surface area contributed by atoms with Gasteiger partial charge in [0.15, 0.2) is 17.4 Å². The molecule has 0 fully saturated rings. The predicted octanol–water partition coefficient (Wildman–Crippen LogP) is -0.109. The van der Waals surface area contributed by atoms with Crippen molar-refractivity contribution in [2.24, 2.45) is 0 Å². The molecular weight excluding hydrogens is 191 g/mol. The standard InChI is InChI=1S/C7H8O3S.Al.3H/c8-11(9,10)6-7-4-2-1-3-5-7;;;;/h1-5H,6H2,(H,8,9,10);;;;. The minimum Gasteiger partial charge on any atom is -0.285 e. The van der Waals surface area contributed by atoms with E-state index < -0.39 is 10.1 Å². The molecule has 0 aromatic heterocycles. The van der Waals surface area contributed by atoms with Gasteiger partial charge in [-0.25, -0.2) is 0 Å². The van der Waals surface area contributed by atoms with Gasteiger partial charge in [-0.15, -0.1) is 0 Å². The Hall–Kier alpha value is -0.338. The number of hydrogen-bond donors (Lipinski definition) is 1. The Labute approximate surface area is 82.3 Å². The van der Waals surface area contributed by atoms with Gasteiger partial charge in [0.05, 0.1) is 0 Å². The molecule has 1 aromatic carbocycles. The summed E-state index contributed by atoms with van der Waals surface area (Å²) in [4.78, 5) is 0. The first-order valence-corrected chi connectivity index (χ1v) is 4.68. The lowest BCUT2D eigenvalue weighted by atomic mass is 10.2. The first-order chi connectivity index (χ1) is 5.08. The van der Waals surface area contributed by atoms with Crippen molar-refractivity contribution in [3.63, 3.8) is 0 Å². The average molecular weight is 202 g/mol. The molecule has 0 bridgehead atoms. The summed E-state index contributed by atoms with van der Waals surface area (Å²) in [7, 11) is -3.88. The number of benzene rings is 1. The van der Waals surface area contributed by atoms with Gasteiger partial charge in [-0.3, -0.25) is 4.55 Å². The molecule has 0 atom stereocenters. The van der Waals surface area contributed by atoms with Crippen LogP contribution in [-0.2, 0) is 15.9 Å². The van der Waals surface area contributed by atoms with Gasteiger partial charge in [0.1, 0.15) is 5.75 Å². The molecule has 1 aromatic rings. The summed E-state index contributed by atoms with van der Waals surface area (Å²) >= 11 is 0. The van der Waals surface area contributed by atoms with Crippen molar-refractivity contribution in [1.82, 2.24) is 0 Å². The first-order valence-electron chi connectivity index (χ1n) is 3.07. The van der Waals surface area contributed by atoms with E-state index in [1.54, 1.807) is 30.3 Å². The normalized spacial score (nSPS) is 10.4. The second-order valence-electron chi connectivity index (χ2n) is 2.21. The SMILES string of the molecule is O=S(=O)(O)Cc1ccccc1.[AlH3]. The monoisotopic (exact) mass is 202 g/mol. The summed E-state index contributed by atoms with van der Waals surface area (Å²) in [5.41, 5.74) is 0.593. The molecule has 1 N–H and O–H groups in total. The Balaban J connectivity index is 0.00000121. The van der Waals surface area contributed by atoms with E-state index in [1.807, 2.05) is 0 Å². The lowest BCUT2D eigenvalue weighted by Gasteiger charge is -1.95. The van der Waals surface area contributed by atoms with Crippen molar-refractivity contribution >= 4 is 27.5 Å². The van der Waals surface area contributed by atoms with Gasteiger partial charge in [0, 0.05) is 0 Å². The quantitative estimate of drug-likeness (QED) is 0.538. The van der Waals surface area contributed by atoms with E-state index in [1.165, 1.54) is 0 Å². The van der Waals surface area contributed by atoms with E-state index in [4.69, 9.17) is 4.55 Å². The highest BCUT2D eigenvalue weighted by molar-refractivity contribution is 7.85. The topological polar surface area (TPSA) is 54.4 Å². The Morgan fingerprint density at radius 3 is 2.08 bits per heavy atom. The Bertz CT molecular complexity index is 320. The van der Waals surface area contributed by atoms with Crippen LogP contribution in [0, 0.1) is 0 Å². The second-order valence-corrected chi connectivity index (χ2v) is 3.66. The number of rotatable bonds is 2. The molecule has 1 rings (SSSR count). The molecule has 0 aliphatic rings. The van der Waals surface area contributed by atoms with Crippen LogP contribution in [-0.4, -0.2) is 30.3 Å². The minimum absolute atomic E-state index is 0. The fourth-order valence-corrected chi connectivity index (χ4v) is 1.40. The van der Waals surface area contributed by atoms with Crippen LogP contribution >= 0.6 is 0 Å². The summed E-state index contributed by atoms with van der Waals surface area (Å²) in [5, 5.41) is 0. The van der Waals surface area contributed by atoms with Gasteiger partial charge in [-0.1, -0.05) is 30.3 Å². The molecule has 0 saturated heterocycles. The molecule has 66 valence electrons. The van der Waals surface area contributed by atoms with Crippen LogP contribution in [0.15, 0.2) is 30.3 Å². The largest absolute Gasteiger partial charge is 0.285 e. The highest BCUT2D eigenvalue weighted by atomic mass is 32.2. The lowest BCUT2D eigenvalue weighted by Crippen LogP contribution is -2.00. The smallest absolute Gasteiger partial charge is 0.269 e. The maximum Gasteiger partial charge on any atom is 0.269 e. The zero-order valence-corrected chi connectivity index (χ0v) is 6.58. The predicted molar refractivity (Wildman–Crippen MR) is 51.6 cm³/mol. The Morgan fingerprint density at radius 2 is 1.67 bits per heavy atom. The van der Waals surface area contributed by atoms with Gasteiger partial charge in [0.2, 0.25) is 0 Å². The zero-order valence-electron chi connectivity index (χ0n) is 5.77. The molecule has 0 heterocycles. The van der Waals surface area contributed by atoms with Crippen LogP contribution in [0.2, 0.25) is 0 Å². The maximum atomic E-state index is 10.4. The Morgan fingerprint density at radius 1 is 1.17 bits per heavy atom. The second kappa shape index (κ2) is 4.63. The van der Waals surface area contributed by atoms with Gasteiger partial charge >= 0.3 is 0 Å². The number of hydrogen-bond acceptors (Lipinski definition) is 2. The van der Waals surface area contributed by atoms with Gasteiger partial charge in [-0.2, -0.15) is 8.42 Å². The van der Waals surface area contributed by atoms with E-state index in [0.717, 1.165) is 0 Å². The van der Waals surface area contributed by atoms with E-state index >= 15 is 0 Å². The van der Waals surface area contributed by atoms with Crippen LogP contribution in [0.1, 0.15) is 5.56 Å². The van der Waals surface area contributed by atoms with E-state index in [2.05, 4.69) is 0 Å². The molecule has 5 heteroatoms. The highest BCUT2D eigenvalue weighted by Gasteiger charge is 2.04. The molecule has 12 heavy (non-hydrogen) atoms. The van der Waals surface area contributed by atoms with Crippen molar-refractivity contribution in [3.8, 4) is 0 Å². The summed E-state index contributed by atoms with van der Waals surface area (Å²) in [6.07, 6.45) is 0. The molecule has 0 spiro atoms. The maximum absolute atomic E-state index is 10.4. The molecule has 0 saturated carbocycles. The van der Waals surface area contributed by atoms with Crippen LogP contribution in [0.5, 0.6) is 0 Å². The van der Waals surface area contributed by atoms with Crippen LogP contribution < -0.4 is 0 Å². The van der Waals surface area contributed by atoms with Crippen molar-refractivity contribution < 1.29 is 13.0 Å². The molecule has 0 aliphatic heterocycles. The third kappa shape index (κ3) is 4.52. The van der Waals surface area contributed by atoms with Crippen LogP contribution in [0.3, 0.4) is 0 Å². The summed E-state index contributed by atoms with van der Waals surface area (Å²) < 4.78 is 29.2. The third-order valence-electron chi connectivity index (χ3n) is 1.19. The molecule has 0 radical (unpaired) electrons. The lowest BCUT2D eigenvalue weighted by molar-refractivity contribution is 0.482. The van der Waals surface area contributed by atoms with Crippen molar-refractivity contribution in [3.05, 3.63) is 35.9 Å². The zero-order chi connectivity index (χ0) is 8.32.